The lowest BCUT2D eigenvalue weighted by atomic mass is 9.99. The van der Waals surface area contributed by atoms with E-state index in [9.17, 15) is 0 Å². The Morgan fingerprint density at radius 2 is 0.952 bits per heavy atom. The Morgan fingerprint density at radius 1 is 0.405 bits per heavy atom. The number of benzene rings is 7. The standard InChI is InChI=1S/C40H28N2/c1-3-15-29(16-4-1)32-20-9-12-24-36(32)41(31-18-5-2-6-19-31)40-33-21-8-7-17-30(33)27-28-39(40)42-37-25-13-10-22-34(37)35-23-11-14-26-38(35)42/h1-28H. The van der Waals surface area contributed by atoms with Gasteiger partial charge in [-0.25, -0.2) is 0 Å². The summed E-state index contributed by atoms with van der Waals surface area (Å²) < 4.78 is 2.44. The molecule has 0 fully saturated rings. The molecule has 1 heterocycles. The molecule has 0 radical (unpaired) electrons. The van der Waals surface area contributed by atoms with Crippen LogP contribution in [-0.2, 0) is 0 Å². The van der Waals surface area contributed by atoms with Crippen molar-refractivity contribution in [2.24, 2.45) is 0 Å². The van der Waals surface area contributed by atoms with Gasteiger partial charge in [0.2, 0.25) is 0 Å². The zero-order valence-electron chi connectivity index (χ0n) is 23.1. The maximum atomic E-state index is 2.45. The number of anilines is 3. The van der Waals surface area contributed by atoms with Crippen LogP contribution in [0.3, 0.4) is 0 Å². The number of para-hydroxylation sites is 4. The highest BCUT2D eigenvalue weighted by molar-refractivity contribution is 6.12. The van der Waals surface area contributed by atoms with Crippen molar-refractivity contribution in [3.8, 4) is 16.8 Å². The van der Waals surface area contributed by atoms with Crippen molar-refractivity contribution < 1.29 is 0 Å². The van der Waals surface area contributed by atoms with E-state index < -0.39 is 0 Å². The second-order valence-electron chi connectivity index (χ2n) is 10.6. The molecular weight excluding hydrogens is 508 g/mol. The van der Waals surface area contributed by atoms with Gasteiger partial charge in [-0.1, -0.05) is 133 Å². The minimum absolute atomic E-state index is 1.11. The van der Waals surface area contributed by atoms with E-state index in [-0.39, 0.29) is 0 Å². The molecule has 0 spiro atoms. The molecule has 198 valence electrons. The third-order valence-electron chi connectivity index (χ3n) is 8.17. The van der Waals surface area contributed by atoms with Gasteiger partial charge in [0, 0.05) is 27.4 Å². The lowest BCUT2D eigenvalue weighted by molar-refractivity contribution is 1.16. The van der Waals surface area contributed by atoms with Gasteiger partial charge in [0.25, 0.3) is 0 Å². The Kier molecular flexibility index (Phi) is 5.82. The molecule has 42 heavy (non-hydrogen) atoms. The molecule has 0 amide bonds. The van der Waals surface area contributed by atoms with Gasteiger partial charge in [0.15, 0.2) is 0 Å². The highest BCUT2D eigenvalue weighted by Gasteiger charge is 2.24. The fraction of sp³-hybridized carbons (Fsp3) is 0. The molecule has 8 rings (SSSR count). The second kappa shape index (κ2) is 10.1. The van der Waals surface area contributed by atoms with E-state index in [2.05, 4.69) is 179 Å². The molecular formula is C40H28N2. The first kappa shape index (κ1) is 24.2. The summed E-state index contributed by atoms with van der Waals surface area (Å²) in [5.41, 5.74) is 9.29. The smallest absolute Gasteiger partial charge is 0.0781 e. The highest BCUT2D eigenvalue weighted by Crippen LogP contribution is 2.47. The number of aromatic nitrogens is 1. The molecule has 0 saturated heterocycles. The molecule has 2 nitrogen and oxygen atoms in total. The van der Waals surface area contributed by atoms with Crippen molar-refractivity contribution in [1.82, 2.24) is 4.57 Å². The van der Waals surface area contributed by atoms with Crippen molar-refractivity contribution in [3.63, 3.8) is 0 Å². The Morgan fingerprint density at radius 3 is 1.67 bits per heavy atom. The Hall–Kier alpha value is -5.60. The number of rotatable bonds is 5. The Balaban J connectivity index is 1.53. The van der Waals surface area contributed by atoms with Gasteiger partial charge in [-0.2, -0.15) is 0 Å². The van der Waals surface area contributed by atoms with Crippen molar-refractivity contribution in [1.29, 1.82) is 0 Å². The van der Waals surface area contributed by atoms with Gasteiger partial charge in [0.05, 0.1) is 28.1 Å². The quantitative estimate of drug-likeness (QED) is 0.212. The third kappa shape index (κ3) is 3.88. The van der Waals surface area contributed by atoms with Crippen LogP contribution in [0.2, 0.25) is 0 Å². The fourth-order valence-electron chi connectivity index (χ4n) is 6.34. The Bertz CT molecular complexity index is 2140. The predicted molar refractivity (Wildman–Crippen MR) is 178 cm³/mol. The molecule has 0 N–H and O–H groups in total. The average molecular weight is 537 g/mol. The first-order chi connectivity index (χ1) is 20.9. The zero-order valence-corrected chi connectivity index (χ0v) is 23.1. The predicted octanol–water partition coefficient (Wildman–Crippen LogP) is 11.1. The molecule has 0 aliphatic carbocycles. The molecule has 0 aliphatic heterocycles. The molecule has 7 aromatic carbocycles. The van der Waals surface area contributed by atoms with Crippen molar-refractivity contribution in [2.75, 3.05) is 4.90 Å². The molecule has 0 bridgehead atoms. The minimum atomic E-state index is 1.11. The monoisotopic (exact) mass is 536 g/mol. The summed E-state index contributed by atoms with van der Waals surface area (Å²) in [7, 11) is 0. The summed E-state index contributed by atoms with van der Waals surface area (Å²) in [5.74, 6) is 0. The van der Waals surface area contributed by atoms with E-state index in [4.69, 9.17) is 0 Å². The summed E-state index contributed by atoms with van der Waals surface area (Å²) >= 11 is 0. The van der Waals surface area contributed by atoms with E-state index in [1.807, 2.05) is 0 Å². The normalized spacial score (nSPS) is 11.3. The van der Waals surface area contributed by atoms with Gasteiger partial charge >= 0.3 is 0 Å². The van der Waals surface area contributed by atoms with Crippen LogP contribution in [0.25, 0.3) is 49.4 Å². The van der Waals surface area contributed by atoms with Gasteiger partial charge in [0.1, 0.15) is 0 Å². The van der Waals surface area contributed by atoms with Crippen molar-refractivity contribution in [2.45, 2.75) is 0 Å². The van der Waals surface area contributed by atoms with Gasteiger partial charge < -0.3 is 9.47 Å². The average Bonchev–Trinajstić information content (AvgIpc) is 3.40. The lowest BCUT2D eigenvalue weighted by Gasteiger charge is -2.31. The van der Waals surface area contributed by atoms with E-state index in [1.54, 1.807) is 0 Å². The van der Waals surface area contributed by atoms with Crippen LogP contribution in [0.4, 0.5) is 17.1 Å². The van der Waals surface area contributed by atoms with Crippen LogP contribution in [0.1, 0.15) is 0 Å². The summed E-state index contributed by atoms with van der Waals surface area (Å²) in [6.07, 6.45) is 0. The summed E-state index contributed by atoms with van der Waals surface area (Å²) in [6, 6.07) is 60.9. The number of fused-ring (bicyclic) bond motifs is 4. The van der Waals surface area contributed by atoms with Crippen LogP contribution >= 0.6 is 0 Å². The molecule has 1 aromatic heterocycles. The summed E-state index contributed by atoms with van der Waals surface area (Å²) in [6.45, 7) is 0. The fourth-order valence-corrected chi connectivity index (χ4v) is 6.34. The maximum Gasteiger partial charge on any atom is 0.0781 e. The SMILES string of the molecule is c1ccc(-c2ccccc2N(c2ccccc2)c2c(-n3c4ccccc4c4ccccc43)ccc3ccccc23)cc1. The van der Waals surface area contributed by atoms with E-state index in [0.717, 1.165) is 22.7 Å². The van der Waals surface area contributed by atoms with Gasteiger partial charge in [-0.05, 0) is 47.3 Å². The van der Waals surface area contributed by atoms with E-state index in [0.29, 0.717) is 0 Å². The Labute approximate surface area is 245 Å². The first-order valence-corrected chi connectivity index (χ1v) is 14.4. The molecule has 2 heteroatoms. The van der Waals surface area contributed by atoms with Gasteiger partial charge in [-0.3, -0.25) is 0 Å². The van der Waals surface area contributed by atoms with E-state index in [1.165, 1.54) is 43.7 Å². The molecule has 8 aromatic rings. The molecule has 0 saturated carbocycles. The molecule has 0 atom stereocenters. The summed E-state index contributed by atoms with van der Waals surface area (Å²) in [4.78, 5) is 2.45. The van der Waals surface area contributed by atoms with Crippen LogP contribution in [0, 0.1) is 0 Å². The van der Waals surface area contributed by atoms with Crippen LogP contribution in [0.15, 0.2) is 170 Å². The maximum absolute atomic E-state index is 2.45. The largest absolute Gasteiger partial charge is 0.307 e. The number of nitrogens with zero attached hydrogens (tertiary/aromatic N) is 2. The topological polar surface area (TPSA) is 8.17 Å². The number of hydrogen-bond acceptors (Lipinski definition) is 1. The molecule has 0 unspecified atom stereocenters. The third-order valence-corrected chi connectivity index (χ3v) is 8.17. The second-order valence-corrected chi connectivity index (χ2v) is 10.6. The van der Waals surface area contributed by atoms with Crippen molar-refractivity contribution in [3.05, 3.63) is 170 Å². The summed E-state index contributed by atoms with van der Waals surface area (Å²) in [5, 5.41) is 4.91. The molecule has 0 aliphatic rings. The van der Waals surface area contributed by atoms with Crippen LogP contribution < -0.4 is 4.90 Å². The highest BCUT2D eigenvalue weighted by atomic mass is 15.2. The minimum Gasteiger partial charge on any atom is -0.307 e. The van der Waals surface area contributed by atoms with Crippen LogP contribution in [0.5, 0.6) is 0 Å². The van der Waals surface area contributed by atoms with Gasteiger partial charge in [-0.15, -0.1) is 0 Å². The lowest BCUT2D eigenvalue weighted by Crippen LogP contribution is -2.14. The van der Waals surface area contributed by atoms with Crippen molar-refractivity contribution >= 4 is 49.6 Å². The number of hydrogen-bond donors (Lipinski definition) is 0. The van der Waals surface area contributed by atoms with E-state index >= 15 is 0 Å². The van der Waals surface area contributed by atoms with Crippen LogP contribution in [-0.4, -0.2) is 4.57 Å². The first-order valence-electron chi connectivity index (χ1n) is 14.4. The zero-order chi connectivity index (χ0) is 27.9.